The number of nitrogens with zero attached hydrogens (tertiary/aromatic N) is 1. The van der Waals surface area contributed by atoms with E-state index in [4.69, 9.17) is 15.9 Å². The minimum Gasteiger partial charge on any atom is -0.486 e. The van der Waals surface area contributed by atoms with E-state index in [1.807, 2.05) is 55.5 Å². The second-order valence-electron chi connectivity index (χ2n) is 6.23. The molecule has 1 aliphatic heterocycles. The van der Waals surface area contributed by atoms with Crippen LogP contribution in [-0.2, 0) is 6.54 Å². The number of urea groups is 1. The summed E-state index contributed by atoms with van der Waals surface area (Å²) in [6, 6.07) is 15.3. The number of amides is 2. The minimum atomic E-state index is -0.235. The monoisotopic (exact) mass is 350 g/mol. The highest BCUT2D eigenvalue weighted by Gasteiger charge is 2.22. The molecule has 1 heterocycles. The minimum absolute atomic E-state index is 0.217. The van der Waals surface area contributed by atoms with Gasteiger partial charge in [0.2, 0.25) is 0 Å². The fourth-order valence-corrected chi connectivity index (χ4v) is 2.70. The zero-order valence-electron chi connectivity index (χ0n) is 14.8. The number of rotatable bonds is 5. The molecule has 2 aromatic rings. The Morgan fingerprint density at radius 1 is 1.23 bits per heavy atom. The first-order valence-electron chi connectivity index (χ1n) is 8.56. The van der Waals surface area contributed by atoms with E-state index in [1.54, 1.807) is 4.90 Å². The first-order valence-corrected chi connectivity index (χ1v) is 8.56. The lowest BCUT2D eigenvalue weighted by Gasteiger charge is -2.28. The number of carbonyl (C=O) groups is 1. The molecule has 134 valence electrons. The van der Waals surface area contributed by atoms with Crippen LogP contribution in [0.15, 0.2) is 48.5 Å². The maximum atomic E-state index is 12.5. The van der Waals surface area contributed by atoms with E-state index in [2.05, 4.69) is 11.2 Å². The van der Waals surface area contributed by atoms with E-state index >= 15 is 0 Å². The first-order chi connectivity index (χ1) is 12.7. The molecule has 0 bridgehead atoms. The van der Waals surface area contributed by atoms with Crippen LogP contribution in [0, 0.1) is 19.3 Å². The second-order valence-corrected chi connectivity index (χ2v) is 6.23. The number of fused-ring (bicyclic) bond motifs is 1. The molecule has 2 aromatic carbocycles. The molecular weight excluding hydrogens is 328 g/mol. The Hall–Kier alpha value is -3.13. The van der Waals surface area contributed by atoms with Gasteiger partial charge in [0.1, 0.15) is 6.61 Å². The smallest absolute Gasteiger partial charge is 0.318 e. The van der Waals surface area contributed by atoms with Crippen LogP contribution in [0.2, 0.25) is 0 Å². The van der Waals surface area contributed by atoms with Gasteiger partial charge in [0, 0.05) is 6.54 Å². The summed E-state index contributed by atoms with van der Waals surface area (Å²) in [6.45, 7) is 3.47. The van der Waals surface area contributed by atoms with Gasteiger partial charge in [-0.2, -0.15) is 0 Å². The van der Waals surface area contributed by atoms with Crippen molar-refractivity contribution in [2.24, 2.45) is 0 Å². The Balaban J connectivity index is 1.55. The average Bonchev–Trinajstić information content (AvgIpc) is 2.67. The molecular formula is C21H22N2O3. The Morgan fingerprint density at radius 2 is 1.96 bits per heavy atom. The van der Waals surface area contributed by atoms with E-state index < -0.39 is 0 Å². The highest BCUT2D eigenvalue weighted by Crippen LogP contribution is 2.30. The van der Waals surface area contributed by atoms with E-state index in [0.29, 0.717) is 25.4 Å². The van der Waals surface area contributed by atoms with Crippen molar-refractivity contribution in [2.45, 2.75) is 19.6 Å². The maximum Gasteiger partial charge on any atom is 0.318 e. The van der Waals surface area contributed by atoms with Crippen molar-refractivity contribution in [1.82, 2.24) is 10.2 Å². The molecule has 0 saturated heterocycles. The number of para-hydroxylation sites is 2. The largest absolute Gasteiger partial charge is 0.486 e. The van der Waals surface area contributed by atoms with Gasteiger partial charge in [-0.05, 0) is 24.6 Å². The number of aryl methyl sites for hydroxylation is 1. The molecule has 1 N–H and O–H groups in total. The second kappa shape index (κ2) is 8.30. The summed E-state index contributed by atoms with van der Waals surface area (Å²) in [5.41, 5.74) is 2.21. The average molecular weight is 350 g/mol. The standard InChI is InChI=1S/C21H22N2O3/c1-3-12-23(14-17-10-8-16(2)9-11-17)21(24)22-13-18-15-25-19-6-4-5-7-20(19)26-18/h1,4-11,18H,12-15H2,2H3,(H,22,24). The van der Waals surface area contributed by atoms with Crippen LogP contribution in [0.1, 0.15) is 11.1 Å². The van der Waals surface area contributed by atoms with Gasteiger partial charge >= 0.3 is 6.03 Å². The van der Waals surface area contributed by atoms with Gasteiger partial charge in [0.25, 0.3) is 0 Å². The molecule has 0 spiro atoms. The van der Waals surface area contributed by atoms with Crippen molar-refractivity contribution in [3.8, 4) is 23.8 Å². The van der Waals surface area contributed by atoms with Crippen LogP contribution in [0.25, 0.3) is 0 Å². The number of carbonyl (C=O) groups excluding carboxylic acids is 1. The lowest BCUT2D eigenvalue weighted by atomic mass is 10.1. The summed E-state index contributed by atoms with van der Waals surface area (Å²) in [5.74, 6) is 3.96. The Bertz CT molecular complexity index is 796. The lowest BCUT2D eigenvalue weighted by Crippen LogP contribution is -2.46. The number of nitrogens with one attached hydrogen (secondary N) is 1. The third-order valence-electron chi connectivity index (χ3n) is 4.11. The maximum absolute atomic E-state index is 12.5. The number of hydrogen-bond acceptors (Lipinski definition) is 3. The summed E-state index contributed by atoms with van der Waals surface area (Å²) < 4.78 is 11.5. The van der Waals surface area contributed by atoms with Crippen molar-refractivity contribution in [3.63, 3.8) is 0 Å². The summed E-state index contributed by atoms with van der Waals surface area (Å²) >= 11 is 0. The molecule has 0 fully saturated rings. The summed E-state index contributed by atoms with van der Waals surface area (Å²) in [4.78, 5) is 14.1. The van der Waals surface area contributed by atoms with Crippen LogP contribution in [0.5, 0.6) is 11.5 Å². The molecule has 5 nitrogen and oxygen atoms in total. The first kappa shape index (κ1) is 17.7. The van der Waals surface area contributed by atoms with Crippen LogP contribution in [0.4, 0.5) is 4.79 Å². The third-order valence-corrected chi connectivity index (χ3v) is 4.11. The number of hydrogen-bond donors (Lipinski definition) is 1. The SMILES string of the molecule is C#CCN(Cc1ccc(C)cc1)C(=O)NCC1COc2ccccc2O1. The fourth-order valence-electron chi connectivity index (χ4n) is 2.70. The molecule has 3 rings (SSSR count). The molecule has 5 heteroatoms. The summed E-state index contributed by atoms with van der Waals surface area (Å²) in [7, 11) is 0. The zero-order chi connectivity index (χ0) is 18.4. The molecule has 2 amide bonds. The van der Waals surface area contributed by atoms with E-state index in [0.717, 1.165) is 11.3 Å². The van der Waals surface area contributed by atoms with Crippen molar-refractivity contribution >= 4 is 6.03 Å². The van der Waals surface area contributed by atoms with E-state index in [9.17, 15) is 4.79 Å². The molecule has 26 heavy (non-hydrogen) atoms. The quantitative estimate of drug-likeness (QED) is 0.844. The van der Waals surface area contributed by atoms with Gasteiger partial charge in [-0.1, -0.05) is 47.9 Å². The molecule has 1 atom stereocenters. The molecule has 1 unspecified atom stereocenters. The number of benzene rings is 2. The van der Waals surface area contributed by atoms with Gasteiger partial charge < -0.3 is 19.7 Å². The number of ether oxygens (including phenoxy) is 2. The van der Waals surface area contributed by atoms with E-state index in [1.165, 1.54) is 5.56 Å². The highest BCUT2D eigenvalue weighted by molar-refractivity contribution is 5.74. The molecule has 0 aliphatic carbocycles. The van der Waals surface area contributed by atoms with Gasteiger partial charge in [-0.15, -0.1) is 6.42 Å². The fraction of sp³-hybridized carbons (Fsp3) is 0.286. The Kier molecular flexibility index (Phi) is 5.65. The van der Waals surface area contributed by atoms with Crippen LogP contribution >= 0.6 is 0 Å². The Morgan fingerprint density at radius 3 is 2.69 bits per heavy atom. The van der Waals surface area contributed by atoms with Gasteiger partial charge in [-0.3, -0.25) is 0 Å². The predicted octanol–water partition coefficient (Wildman–Crippen LogP) is 2.98. The van der Waals surface area contributed by atoms with Crippen LogP contribution in [-0.4, -0.2) is 36.7 Å². The lowest BCUT2D eigenvalue weighted by molar-refractivity contribution is 0.0902. The van der Waals surface area contributed by atoms with Gasteiger partial charge in [0.05, 0.1) is 13.1 Å². The zero-order valence-corrected chi connectivity index (χ0v) is 14.8. The van der Waals surface area contributed by atoms with Crippen LogP contribution in [0.3, 0.4) is 0 Å². The van der Waals surface area contributed by atoms with E-state index in [-0.39, 0.29) is 18.7 Å². The van der Waals surface area contributed by atoms with Crippen molar-refractivity contribution in [1.29, 1.82) is 0 Å². The summed E-state index contributed by atoms with van der Waals surface area (Å²) in [6.07, 6.45) is 5.19. The third kappa shape index (κ3) is 4.48. The van der Waals surface area contributed by atoms with Crippen molar-refractivity contribution in [2.75, 3.05) is 19.7 Å². The Labute approximate surface area is 153 Å². The predicted molar refractivity (Wildman–Crippen MR) is 100 cm³/mol. The van der Waals surface area contributed by atoms with Crippen LogP contribution < -0.4 is 14.8 Å². The van der Waals surface area contributed by atoms with Crippen molar-refractivity contribution in [3.05, 3.63) is 59.7 Å². The molecule has 0 aromatic heterocycles. The highest BCUT2D eigenvalue weighted by atomic mass is 16.6. The molecule has 1 aliphatic rings. The normalized spacial score (nSPS) is 15.0. The molecule has 0 radical (unpaired) electrons. The van der Waals surface area contributed by atoms with Gasteiger partial charge in [-0.25, -0.2) is 4.79 Å². The van der Waals surface area contributed by atoms with Gasteiger partial charge in [0.15, 0.2) is 17.6 Å². The van der Waals surface area contributed by atoms with Crippen molar-refractivity contribution < 1.29 is 14.3 Å². The topological polar surface area (TPSA) is 50.8 Å². The summed E-state index contributed by atoms with van der Waals surface area (Å²) in [5, 5.41) is 2.89. The number of terminal acetylenes is 1. The molecule has 0 saturated carbocycles.